The van der Waals surface area contributed by atoms with E-state index in [9.17, 15) is 4.79 Å². The summed E-state index contributed by atoms with van der Waals surface area (Å²) in [5, 5.41) is 17.1. The molecule has 1 aliphatic rings. The second-order valence-corrected chi connectivity index (χ2v) is 9.18. The molecule has 1 amide bonds. The zero-order valence-electron chi connectivity index (χ0n) is 18.2. The lowest BCUT2D eigenvalue weighted by Gasteiger charge is -2.34. The summed E-state index contributed by atoms with van der Waals surface area (Å²) >= 11 is 0. The number of hydrogen-bond acceptors (Lipinski definition) is 5. The lowest BCUT2D eigenvalue weighted by molar-refractivity contribution is 0.0954. The Hall–Kier alpha value is -3.35. The quantitative estimate of drug-likeness (QED) is 0.628. The first kappa shape index (κ1) is 20.9. The van der Waals surface area contributed by atoms with Crippen molar-refractivity contribution in [2.75, 3.05) is 0 Å². The van der Waals surface area contributed by atoms with Gasteiger partial charge in [-0.2, -0.15) is 9.90 Å². The number of amides is 1. The molecule has 160 valence electrons. The number of carbonyl (C=O) groups excluding carboxylic acids is 1. The van der Waals surface area contributed by atoms with E-state index < -0.39 is 0 Å². The molecule has 0 saturated heterocycles. The minimum Gasteiger partial charge on any atom is -0.267 e. The molecule has 1 N–H and O–H groups in total. The highest BCUT2D eigenvalue weighted by Gasteiger charge is 2.29. The topological polar surface area (TPSA) is 85.1 Å². The highest BCUT2D eigenvalue weighted by molar-refractivity contribution is 5.95. The first-order valence-corrected chi connectivity index (χ1v) is 10.7. The van der Waals surface area contributed by atoms with Gasteiger partial charge in [0.15, 0.2) is 0 Å². The summed E-state index contributed by atoms with van der Waals surface area (Å²) in [7, 11) is 0. The molecule has 2 aromatic carbocycles. The van der Waals surface area contributed by atoms with Crippen LogP contribution >= 0.6 is 0 Å². The number of tetrazole rings is 1. The van der Waals surface area contributed by atoms with Crippen LogP contribution in [0.25, 0.3) is 11.4 Å². The van der Waals surface area contributed by atoms with E-state index in [1.54, 1.807) is 16.9 Å². The third-order valence-electron chi connectivity index (χ3n) is 5.51. The average Bonchev–Trinajstić information content (AvgIpc) is 3.20. The minimum atomic E-state index is -0.194. The summed E-state index contributed by atoms with van der Waals surface area (Å²) in [6.07, 6.45) is 3.06. The van der Waals surface area contributed by atoms with Gasteiger partial charge in [-0.1, -0.05) is 63.2 Å². The van der Waals surface area contributed by atoms with Gasteiger partial charge >= 0.3 is 0 Å². The Balaban J connectivity index is 1.36. The predicted octanol–water partition coefficient (Wildman–Crippen LogP) is 4.32. The lowest BCUT2D eigenvalue weighted by atomic mass is 9.72. The fraction of sp³-hybridized carbons (Fsp3) is 0.375. The summed E-state index contributed by atoms with van der Waals surface area (Å²) in [5.74, 6) is 0.989. The van der Waals surface area contributed by atoms with Crippen LogP contribution in [0.5, 0.6) is 0 Å². The molecule has 1 aromatic heterocycles. The molecule has 0 radical (unpaired) electrons. The van der Waals surface area contributed by atoms with Crippen molar-refractivity contribution in [1.29, 1.82) is 0 Å². The van der Waals surface area contributed by atoms with Crippen LogP contribution in [0.4, 0.5) is 0 Å². The second-order valence-electron chi connectivity index (χ2n) is 9.18. The van der Waals surface area contributed by atoms with Crippen molar-refractivity contribution in [2.45, 2.75) is 46.6 Å². The molecule has 4 rings (SSSR count). The van der Waals surface area contributed by atoms with Crippen LogP contribution in [0, 0.1) is 11.3 Å². The van der Waals surface area contributed by atoms with E-state index in [2.05, 4.69) is 46.7 Å². The van der Waals surface area contributed by atoms with Gasteiger partial charge in [-0.05, 0) is 53.5 Å². The van der Waals surface area contributed by atoms with E-state index in [-0.39, 0.29) is 11.3 Å². The van der Waals surface area contributed by atoms with E-state index in [0.29, 0.717) is 23.9 Å². The molecule has 1 fully saturated rings. The molecular formula is C24H28N6O. The van der Waals surface area contributed by atoms with Crippen molar-refractivity contribution in [1.82, 2.24) is 25.6 Å². The van der Waals surface area contributed by atoms with E-state index in [1.165, 1.54) is 6.42 Å². The summed E-state index contributed by atoms with van der Waals surface area (Å²) in [5.41, 5.74) is 6.53. The molecule has 1 heterocycles. The van der Waals surface area contributed by atoms with Gasteiger partial charge in [0.1, 0.15) is 0 Å². The number of nitrogens with one attached hydrogen (secondary N) is 1. The third-order valence-corrected chi connectivity index (χ3v) is 5.51. The zero-order chi connectivity index (χ0) is 21.8. The number of carbonyl (C=O) groups is 1. The largest absolute Gasteiger partial charge is 0.271 e. The Bertz CT molecular complexity index is 1070. The number of aromatic nitrogens is 4. The molecule has 1 aliphatic carbocycles. The van der Waals surface area contributed by atoms with E-state index in [0.717, 1.165) is 29.7 Å². The molecule has 1 saturated carbocycles. The standard InChI is InChI=1S/C24H28N6O/c1-17-13-21(15-24(2,3)14-17)25-27-23(31)20-11-9-18(10-12-20)16-30-28-22(26-29-30)19-7-5-4-6-8-19/h4-12,17H,13-16H2,1-3H3,(H,27,31)/b25-21+/t17-/m0/s1. The van der Waals surface area contributed by atoms with Crippen LogP contribution in [0.15, 0.2) is 59.7 Å². The second kappa shape index (κ2) is 8.79. The molecule has 0 aliphatic heterocycles. The van der Waals surface area contributed by atoms with Gasteiger partial charge in [-0.3, -0.25) is 4.79 Å². The summed E-state index contributed by atoms with van der Waals surface area (Å²) in [6.45, 7) is 7.23. The molecule has 7 nitrogen and oxygen atoms in total. The number of benzene rings is 2. The molecular weight excluding hydrogens is 388 g/mol. The molecule has 0 spiro atoms. The summed E-state index contributed by atoms with van der Waals surface area (Å²) in [4.78, 5) is 14.1. The summed E-state index contributed by atoms with van der Waals surface area (Å²) < 4.78 is 0. The van der Waals surface area contributed by atoms with Gasteiger partial charge in [-0.15, -0.1) is 10.2 Å². The molecule has 0 unspecified atom stereocenters. The maximum absolute atomic E-state index is 12.5. The van der Waals surface area contributed by atoms with Crippen LogP contribution in [-0.2, 0) is 6.54 Å². The van der Waals surface area contributed by atoms with Crippen molar-refractivity contribution in [3.8, 4) is 11.4 Å². The average molecular weight is 417 g/mol. The van der Waals surface area contributed by atoms with Crippen molar-refractivity contribution < 1.29 is 4.79 Å². The number of hydrogen-bond donors (Lipinski definition) is 1. The Morgan fingerprint density at radius 2 is 1.90 bits per heavy atom. The molecule has 0 bridgehead atoms. The van der Waals surface area contributed by atoms with Gasteiger partial charge < -0.3 is 0 Å². The Labute approximate surface area is 182 Å². The SMILES string of the molecule is C[C@H]1C/C(=N\NC(=O)c2ccc(Cn3nnc(-c4ccccc4)n3)cc2)CC(C)(C)C1. The zero-order valence-corrected chi connectivity index (χ0v) is 18.2. The highest BCUT2D eigenvalue weighted by Crippen LogP contribution is 2.36. The summed E-state index contributed by atoms with van der Waals surface area (Å²) in [6, 6.07) is 17.1. The predicted molar refractivity (Wildman–Crippen MR) is 120 cm³/mol. The Morgan fingerprint density at radius 1 is 1.16 bits per heavy atom. The van der Waals surface area contributed by atoms with Gasteiger partial charge in [0.25, 0.3) is 5.91 Å². The van der Waals surface area contributed by atoms with Crippen molar-refractivity contribution >= 4 is 11.6 Å². The third kappa shape index (κ3) is 5.42. The van der Waals surface area contributed by atoms with Crippen LogP contribution in [-0.4, -0.2) is 31.8 Å². The van der Waals surface area contributed by atoms with Gasteiger partial charge in [0, 0.05) is 16.8 Å². The fourth-order valence-corrected chi connectivity index (χ4v) is 4.33. The van der Waals surface area contributed by atoms with Gasteiger partial charge in [0.2, 0.25) is 5.82 Å². The minimum absolute atomic E-state index is 0.194. The van der Waals surface area contributed by atoms with Crippen molar-refractivity contribution in [3.63, 3.8) is 0 Å². The lowest BCUT2D eigenvalue weighted by Crippen LogP contribution is -2.30. The number of rotatable bonds is 5. The maximum atomic E-state index is 12.5. The number of hydrazone groups is 1. The van der Waals surface area contributed by atoms with Crippen LogP contribution in [0.1, 0.15) is 56.0 Å². The normalized spacial score (nSPS) is 19.3. The first-order chi connectivity index (χ1) is 14.9. The Morgan fingerprint density at radius 3 is 2.61 bits per heavy atom. The van der Waals surface area contributed by atoms with Crippen molar-refractivity contribution in [3.05, 3.63) is 65.7 Å². The molecule has 31 heavy (non-hydrogen) atoms. The fourth-order valence-electron chi connectivity index (χ4n) is 4.33. The van der Waals surface area contributed by atoms with E-state index >= 15 is 0 Å². The van der Waals surface area contributed by atoms with Gasteiger partial charge in [0.05, 0.1) is 6.54 Å². The monoisotopic (exact) mass is 416 g/mol. The Kier molecular flexibility index (Phi) is 5.93. The smallest absolute Gasteiger partial charge is 0.267 e. The van der Waals surface area contributed by atoms with E-state index in [4.69, 9.17) is 0 Å². The van der Waals surface area contributed by atoms with Crippen LogP contribution in [0.2, 0.25) is 0 Å². The highest BCUT2D eigenvalue weighted by atomic mass is 16.2. The molecule has 7 heteroatoms. The van der Waals surface area contributed by atoms with E-state index in [1.807, 2.05) is 42.5 Å². The number of nitrogens with zero attached hydrogens (tertiary/aromatic N) is 5. The maximum Gasteiger partial charge on any atom is 0.271 e. The molecule has 1 atom stereocenters. The van der Waals surface area contributed by atoms with Crippen molar-refractivity contribution in [2.24, 2.45) is 16.4 Å². The first-order valence-electron chi connectivity index (χ1n) is 10.7. The van der Waals surface area contributed by atoms with Crippen LogP contribution in [0.3, 0.4) is 0 Å². The molecule has 3 aromatic rings. The van der Waals surface area contributed by atoms with Gasteiger partial charge in [-0.25, -0.2) is 5.43 Å². The van der Waals surface area contributed by atoms with Crippen LogP contribution < -0.4 is 5.43 Å².